The Hall–Kier alpha value is -1.42. The van der Waals surface area contributed by atoms with Crippen molar-refractivity contribution in [3.8, 4) is 11.1 Å². The number of allylic oxidation sites excluding steroid dienone is 1. The Morgan fingerprint density at radius 3 is 1.84 bits per heavy atom. The summed E-state index contributed by atoms with van der Waals surface area (Å²) in [5.74, 6) is 0. The van der Waals surface area contributed by atoms with E-state index in [4.69, 9.17) is 0 Å². The van der Waals surface area contributed by atoms with Crippen molar-refractivity contribution in [2.75, 3.05) is 0 Å². The highest BCUT2D eigenvalue weighted by atomic mass is 79.9. The molecule has 2 aliphatic carbocycles. The SMILES string of the molecule is CC1=Cc2c(cccc2C(C)(C)C)C1[Si](C)(C)C1c2cc(Br)ccc2-c2ccc(Br)cc21. The monoisotopic (exact) mass is 564 g/mol. The van der Waals surface area contributed by atoms with Gasteiger partial charge in [-0.25, -0.2) is 0 Å². The molecule has 0 N–H and O–H groups in total. The number of hydrogen-bond acceptors (Lipinski definition) is 0. The summed E-state index contributed by atoms with van der Waals surface area (Å²) in [5.41, 5.74) is 13.0. The Morgan fingerprint density at radius 1 is 0.750 bits per heavy atom. The predicted octanol–water partition coefficient (Wildman–Crippen LogP) is 9.61. The van der Waals surface area contributed by atoms with Crippen molar-refractivity contribution in [1.29, 1.82) is 0 Å². The Morgan fingerprint density at radius 2 is 1.31 bits per heavy atom. The summed E-state index contributed by atoms with van der Waals surface area (Å²) in [6.45, 7) is 14.6. The van der Waals surface area contributed by atoms with E-state index >= 15 is 0 Å². The van der Waals surface area contributed by atoms with Crippen LogP contribution in [-0.2, 0) is 5.41 Å². The van der Waals surface area contributed by atoms with Gasteiger partial charge >= 0.3 is 0 Å². The zero-order chi connectivity index (χ0) is 23.0. The predicted molar refractivity (Wildman–Crippen MR) is 148 cm³/mol. The van der Waals surface area contributed by atoms with Gasteiger partial charge in [0.25, 0.3) is 0 Å². The van der Waals surface area contributed by atoms with E-state index in [-0.39, 0.29) is 5.41 Å². The molecule has 0 bridgehead atoms. The van der Waals surface area contributed by atoms with Crippen LogP contribution in [0.4, 0.5) is 0 Å². The third-order valence-electron chi connectivity index (χ3n) is 7.51. The van der Waals surface area contributed by atoms with Crippen molar-refractivity contribution < 1.29 is 0 Å². The highest BCUT2D eigenvalue weighted by molar-refractivity contribution is 9.10. The number of rotatable bonds is 2. The maximum absolute atomic E-state index is 3.77. The minimum atomic E-state index is -1.89. The van der Waals surface area contributed by atoms with Crippen LogP contribution >= 0.6 is 31.9 Å². The molecule has 1 unspecified atom stereocenters. The molecule has 0 radical (unpaired) electrons. The zero-order valence-electron chi connectivity index (χ0n) is 19.7. The molecule has 0 nitrogen and oxygen atoms in total. The fourth-order valence-electron chi connectivity index (χ4n) is 6.36. The molecule has 32 heavy (non-hydrogen) atoms. The van der Waals surface area contributed by atoms with Gasteiger partial charge in [-0.1, -0.05) is 108 Å². The minimum Gasteiger partial charge on any atom is -0.0679 e. The van der Waals surface area contributed by atoms with Crippen molar-refractivity contribution in [2.45, 2.75) is 57.3 Å². The smallest absolute Gasteiger partial charge is 0.0679 e. The van der Waals surface area contributed by atoms with E-state index in [0.717, 1.165) is 0 Å². The van der Waals surface area contributed by atoms with E-state index in [1.165, 1.54) is 47.9 Å². The number of benzene rings is 3. The van der Waals surface area contributed by atoms with Gasteiger partial charge in [0.2, 0.25) is 0 Å². The average molecular weight is 566 g/mol. The summed E-state index contributed by atoms with van der Waals surface area (Å²) in [6, 6.07) is 20.8. The molecule has 0 aliphatic heterocycles. The second-order valence-corrected chi connectivity index (χ2v) is 17.7. The average Bonchev–Trinajstić information content (AvgIpc) is 3.20. The van der Waals surface area contributed by atoms with Crippen LogP contribution in [0.25, 0.3) is 17.2 Å². The molecule has 164 valence electrons. The molecule has 0 aromatic heterocycles. The standard InChI is InChI=1S/C29H30Br2Si/c1-17-14-23-22(8-7-9-26(23)29(2,3)4)27(17)32(5,6)28-24-15-18(30)10-12-20(24)21-13-11-19(31)16-25(21)28/h7-16,27-28H,1-6H3. The van der Waals surface area contributed by atoms with Crippen molar-refractivity contribution in [1.82, 2.24) is 0 Å². The first kappa shape index (κ1) is 22.4. The van der Waals surface area contributed by atoms with E-state index in [1.54, 1.807) is 5.56 Å². The van der Waals surface area contributed by atoms with Crippen LogP contribution in [0.1, 0.15) is 66.6 Å². The lowest BCUT2D eigenvalue weighted by atomic mass is 9.83. The Labute approximate surface area is 210 Å². The lowest BCUT2D eigenvalue weighted by molar-refractivity contribution is 0.588. The van der Waals surface area contributed by atoms with Crippen molar-refractivity contribution in [2.24, 2.45) is 0 Å². The molecule has 2 aliphatic rings. The largest absolute Gasteiger partial charge is 0.0726 e. The third-order valence-corrected chi connectivity index (χ3v) is 12.9. The fourth-order valence-corrected chi connectivity index (χ4v) is 11.8. The first-order valence-electron chi connectivity index (χ1n) is 11.4. The van der Waals surface area contributed by atoms with Gasteiger partial charge in [0.1, 0.15) is 0 Å². The maximum Gasteiger partial charge on any atom is 0.0726 e. The van der Waals surface area contributed by atoms with Gasteiger partial charge in [0.05, 0.1) is 8.07 Å². The van der Waals surface area contributed by atoms with Crippen LogP contribution in [0.5, 0.6) is 0 Å². The summed E-state index contributed by atoms with van der Waals surface area (Å²) in [4.78, 5) is 0. The van der Waals surface area contributed by atoms with Crippen LogP contribution in [0.15, 0.2) is 69.1 Å². The minimum absolute atomic E-state index is 0.144. The maximum atomic E-state index is 3.77. The molecule has 0 heterocycles. The summed E-state index contributed by atoms with van der Waals surface area (Å²) < 4.78 is 2.35. The van der Waals surface area contributed by atoms with Crippen molar-refractivity contribution in [3.63, 3.8) is 0 Å². The molecule has 0 fully saturated rings. The number of fused-ring (bicyclic) bond motifs is 4. The van der Waals surface area contributed by atoms with Gasteiger partial charge < -0.3 is 0 Å². The normalized spacial score (nSPS) is 17.8. The van der Waals surface area contributed by atoms with Crippen molar-refractivity contribution in [3.05, 3.63) is 96.9 Å². The molecule has 3 heteroatoms. The van der Waals surface area contributed by atoms with E-state index in [1.807, 2.05) is 0 Å². The summed E-state index contributed by atoms with van der Waals surface area (Å²) in [6.07, 6.45) is 2.49. The molecule has 0 saturated carbocycles. The van der Waals surface area contributed by atoms with Crippen LogP contribution in [-0.4, -0.2) is 8.07 Å². The molecule has 1 atom stereocenters. The summed E-state index contributed by atoms with van der Waals surface area (Å²) >= 11 is 7.53. The first-order valence-corrected chi connectivity index (χ1v) is 16.1. The fraction of sp³-hybridized carbons (Fsp3) is 0.310. The molecule has 5 rings (SSSR count). The van der Waals surface area contributed by atoms with Gasteiger partial charge in [0.15, 0.2) is 0 Å². The molecular weight excluding hydrogens is 536 g/mol. The van der Waals surface area contributed by atoms with E-state index < -0.39 is 8.07 Å². The van der Waals surface area contributed by atoms with Crippen LogP contribution in [0, 0.1) is 0 Å². The van der Waals surface area contributed by atoms with Gasteiger partial charge in [-0.3, -0.25) is 0 Å². The molecule has 3 aromatic rings. The van der Waals surface area contributed by atoms with Crippen LogP contribution in [0.3, 0.4) is 0 Å². The Kier molecular flexibility index (Phi) is 5.28. The second-order valence-electron chi connectivity index (χ2n) is 11.1. The molecule has 0 amide bonds. The third kappa shape index (κ3) is 3.35. The van der Waals surface area contributed by atoms with Crippen molar-refractivity contribution >= 4 is 46.0 Å². The highest BCUT2D eigenvalue weighted by Crippen LogP contribution is 2.56. The number of halogens is 2. The summed E-state index contributed by atoms with van der Waals surface area (Å²) in [5, 5.41) is 0. The quantitative estimate of drug-likeness (QED) is 0.271. The molecular formula is C29H30Br2Si. The van der Waals surface area contributed by atoms with E-state index in [0.29, 0.717) is 11.1 Å². The van der Waals surface area contributed by atoms with Gasteiger partial charge in [0, 0.05) is 20.0 Å². The van der Waals surface area contributed by atoms with Gasteiger partial charge in [-0.15, -0.1) is 0 Å². The zero-order valence-corrected chi connectivity index (χ0v) is 23.9. The molecule has 3 aromatic carbocycles. The lowest BCUT2D eigenvalue weighted by Gasteiger charge is -2.39. The van der Waals surface area contributed by atoms with Crippen LogP contribution in [0.2, 0.25) is 13.1 Å². The molecule has 0 spiro atoms. The lowest BCUT2D eigenvalue weighted by Crippen LogP contribution is -2.42. The van der Waals surface area contributed by atoms with Gasteiger partial charge in [-0.05, 0) is 75.5 Å². The van der Waals surface area contributed by atoms with Crippen LogP contribution < -0.4 is 0 Å². The van der Waals surface area contributed by atoms with E-state index in [2.05, 4.69) is 133 Å². The first-order chi connectivity index (χ1) is 15.0. The molecule has 0 saturated heterocycles. The summed E-state index contributed by atoms with van der Waals surface area (Å²) in [7, 11) is -1.89. The van der Waals surface area contributed by atoms with Gasteiger partial charge in [-0.2, -0.15) is 0 Å². The van der Waals surface area contributed by atoms with E-state index in [9.17, 15) is 0 Å². The Bertz CT molecular complexity index is 1230. The topological polar surface area (TPSA) is 0 Å². The highest BCUT2D eigenvalue weighted by Gasteiger charge is 2.48. The second kappa shape index (κ2) is 7.55. The Balaban J connectivity index is 1.72. The number of hydrogen-bond donors (Lipinski definition) is 0.